The molecule has 88 valence electrons. The Balaban J connectivity index is 2.47. The summed E-state index contributed by atoms with van der Waals surface area (Å²) in [6.07, 6.45) is 3.44. The number of fused-ring (bicyclic) bond motifs is 1. The molecule has 0 saturated heterocycles. The molecule has 1 aromatic carbocycles. The van der Waals surface area contributed by atoms with Crippen LogP contribution in [0.3, 0.4) is 0 Å². The van der Waals surface area contributed by atoms with E-state index in [1.165, 1.54) is 17.5 Å². The van der Waals surface area contributed by atoms with Gasteiger partial charge in [0.05, 0.1) is 0 Å². The maximum Gasteiger partial charge on any atom is 0.0488 e. The SMILES string of the molecule is CC(C)(CO)C1CCCc2cccc(Cl)c21. The van der Waals surface area contributed by atoms with Crippen LogP contribution in [0.2, 0.25) is 5.02 Å². The van der Waals surface area contributed by atoms with Crippen LogP contribution in [-0.4, -0.2) is 11.7 Å². The number of hydrogen-bond donors (Lipinski definition) is 1. The molecule has 1 aliphatic rings. The Morgan fingerprint density at radius 2 is 2.19 bits per heavy atom. The Kier molecular flexibility index (Phi) is 3.27. The van der Waals surface area contributed by atoms with Crippen LogP contribution in [0.15, 0.2) is 18.2 Å². The summed E-state index contributed by atoms with van der Waals surface area (Å²) in [4.78, 5) is 0. The molecule has 0 bridgehead atoms. The third kappa shape index (κ3) is 1.99. The Bertz CT molecular complexity index is 384. The van der Waals surface area contributed by atoms with Gasteiger partial charge in [0.1, 0.15) is 0 Å². The zero-order valence-corrected chi connectivity index (χ0v) is 10.7. The first-order chi connectivity index (χ1) is 7.56. The summed E-state index contributed by atoms with van der Waals surface area (Å²) in [5.74, 6) is 0.384. The van der Waals surface area contributed by atoms with Gasteiger partial charge in [-0.25, -0.2) is 0 Å². The maximum absolute atomic E-state index is 9.52. The lowest BCUT2D eigenvalue weighted by Gasteiger charge is -2.37. The number of benzene rings is 1. The first-order valence-electron chi connectivity index (χ1n) is 5.94. The van der Waals surface area contributed by atoms with Gasteiger partial charge in [-0.15, -0.1) is 0 Å². The molecular formula is C14H19ClO. The van der Waals surface area contributed by atoms with E-state index >= 15 is 0 Å². The van der Waals surface area contributed by atoms with E-state index in [-0.39, 0.29) is 12.0 Å². The van der Waals surface area contributed by atoms with Crippen molar-refractivity contribution in [1.29, 1.82) is 0 Å². The quantitative estimate of drug-likeness (QED) is 0.832. The zero-order valence-electron chi connectivity index (χ0n) is 9.96. The van der Waals surface area contributed by atoms with E-state index in [1.807, 2.05) is 12.1 Å². The summed E-state index contributed by atoms with van der Waals surface area (Å²) in [5.41, 5.74) is 2.56. The molecule has 0 saturated carbocycles. The lowest BCUT2D eigenvalue weighted by Crippen LogP contribution is -2.29. The summed E-state index contributed by atoms with van der Waals surface area (Å²) in [7, 11) is 0. The molecule has 16 heavy (non-hydrogen) atoms. The van der Waals surface area contributed by atoms with Crippen LogP contribution < -0.4 is 0 Å². The van der Waals surface area contributed by atoms with Gasteiger partial charge in [-0.1, -0.05) is 37.6 Å². The van der Waals surface area contributed by atoms with Crippen molar-refractivity contribution in [1.82, 2.24) is 0 Å². The van der Waals surface area contributed by atoms with E-state index in [1.54, 1.807) is 0 Å². The van der Waals surface area contributed by atoms with E-state index in [2.05, 4.69) is 19.9 Å². The molecule has 1 nitrogen and oxygen atoms in total. The average molecular weight is 239 g/mol. The second-order valence-corrected chi connectivity index (χ2v) is 5.81. The monoisotopic (exact) mass is 238 g/mol. The maximum atomic E-state index is 9.52. The van der Waals surface area contributed by atoms with Crippen LogP contribution >= 0.6 is 11.6 Å². The summed E-state index contributed by atoms with van der Waals surface area (Å²) in [6, 6.07) is 6.16. The number of hydrogen-bond acceptors (Lipinski definition) is 1. The predicted octanol–water partition coefficient (Wildman–Crippen LogP) is 3.78. The van der Waals surface area contributed by atoms with E-state index in [0.717, 1.165) is 17.9 Å². The van der Waals surface area contributed by atoms with Crippen molar-refractivity contribution >= 4 is 11.6 Å². The number of aryl methyl sites for hydroxylation is 1. The average Bonchev–Trinajstić information content (AvgIpc) is 2.29. The van der Waals surface area contributed by atoms with Gasteiger partial charge in [0.25, 0.3) is 0 Å². The van der Waals surface area contributed by atoms with Gasteiger partial charge >= 0.3 is 0 Å². The molecule has 0 aromatic heterocycles. The van der Waals surface area contributed by atoms with Crippen LogP contribution in [0.4, 0.5) is 0 Å². The van der Waals surface area contributed by atoms with E-state index < -0.39 is 0 Å². The highest BCUT2D eigenvalue weighted by molar-refractivity contribution is 6.31. The van der Waals surface area contributed by atoms with Crippen molar-refractivity contribution in [2.24, 2.45) is 5.41 Å². The van der Waals surface area contributed by atoms with E-state index in [9.17, 15) is 5.11 Å². The molecule has 0 radical (unpaired) electrons. The van der Waals surface area contributed by atoms with Crippen molar-refractivity contribution < 1.29 is 5.11 Å². The summed E-state index contributed by atoms with van der Waals surface area (Å²) in [5, 5.41) is 10.4. The normalized spacial score (nSPS) is 20.6. The molecule has 0 aliphatic heterocycles. The van der Waals surface area contributed by atoms with E-state index in [4.69, 9.17) is 11.6 Å². The predicted molar refractivity (Wildman–Crippen MR) is 68.0 cm³/mol. The molecule has 0 fully saturated rings. The first-order valence-corrected chi connectivity index (χ1v) is 6.32. The van der Waals surface area contributed by atoms with Crippen molar-refractivity contribution in [3.8, 4) is 0 Å². The standard InChI is InChI=1S/C14H19ClO/c1-14(2,9-16)11-7-3-5-10-6-4-8-12(15)13(10)11/h4,6,8,11,16H,3,5,7,9H2,1-2H3. The van der Waals surface area contributed by atoms with Crippen LogP contribution in [-0.2, 0) is 6.42 Å². The van der Waals surface area contributed by atoms with Crippen molar-refractivity contribution in [2.45, 2.75) is 39.0 Å². The van der Waals surface area contributed by atoms with Gasteiger partial charge in [-0.05, 0) is 47.8 Å². The van der Waals surface area contributed by atoms with Crippen molar-refractivity contribution in [2.75, 3.05) is 6.61 Å². The minimum atomic E-state index is -0.0832. The third-order valence-corrected chi connectivity index (χ3v) is 4.11. The molecule has 2 rings (SSSR count). The highest BCUT2D eigenvalue weighted by Crippen LogP contribution is 2.46. The van der Waals surface area contributed by atoms with Gasteiger partial charge in [0, 0.05) is 11.6 Å². The fourth-order valence-corrected chi connectivity index (χ4v) is 3.05. The molecule has 1 unspecified atom stereocenters. The van der Waals surface area contributed by atoms with E-state index in [0.29, 0.717) is 5.92 Å². The summed E-state index contributed by atoms with van der Waals surface area (Å²) >= 11 is 6.32. The Labute approximate surface area is 102 Å². The summed E-state index contributed by atoms with van der Waals surface area (Å²) in [6.45, 7) is 4.45. The second kappa shape index (κ2) is 4.38. The number of aliphatic hydroxyl groups is 1. The smallest absolute Gasteiger partial charge is 0.0488 e. The lowest BCUT2D eigenvalue weighted by atomic mass is 9.69. The van der Waals surface area contributed by atoms with Gasteiger partial charge in [-0.3, -0.25) is 0 Å². The molecule has 0 amide bonds. The van der Waals surface area contributed by atoms with Gasteiger partial charge < -0.3 is 5.11 Å². The fraction of sp³-hybridized carbons (Fsp3) is 0.571. The molecule has 1 atom stereocenters. The van der Waals surface area contributed by atoms with Gasteiger partial charge in [-0.2, -0.15) is 0 Å². The molecule has 1 aliphatic carbocycles. The van der Waals surface area contributed by atoms with Crippen LogP contribution in [0, 0.1) is 5.41 Å². The molecule has 0 spiro atoms. The Morgan fingerprint density at radius 1 is 1.44 bits per heavy atom. The molecule has 0 heterocycles. The fourth-order valence-electron chi connectivity index (χ4n) is 2.72. The Hall–Kier alpha value is -0.530. The van der Waals surface area contributed by atoms with Crippen LogP contribution in [0.5, 0.6) is 0 Å². The van der Waals surface area contributed by atoms with Crippen molar-refractivity contribution in [3.05, 3.63) is 34.3 Å². The minimum Gasteiger partial charge on any atom is -0.396 e. The van der Waals surface area contributed by atoms with Gasteiger partial charge in [0.15, 0.2) is 0 Å². The minimum absolute atomic E-state index is 0.0832. The van der Waals surface area contributed by atoms with Crippen LogP contribution in [0.25, 0.3) is 0 Å². The highest BCUT2D eigenvalue weighted by Gasteiger charge is 2.34. The lowest BCUT2D eigenvalue weighted by molar-refractivity contribution is 0.122. The van der Waals surface area contributed by atoms with Crippen molar-refractivity contribution in [3.63, 3.8) is 0 Å². The molecule has 1 N–H and O–H groups in total. The first kappa shape index (κ1) is 11.9. The third-order valence-electron chi connectivity index (χ3n) is 3.78. The molecule has 1 aromatic rings. The topological polar surface area (TPSA) is 20.2 Å². The van der Waals surface area contributed by atoms with Crippen LogP contribution in [0.1, 0.15) is 43.7 Å². The zero-order chi connectivity index (χ0) is 11.8. The number of rotatable bonds is 2. The Morgan fingerprint density at radius 3 is 2.88 bits per heavy atom. The highest BCUT2D eigenvalue weighted by atomic mass is 35.5. The van der Waals surface area contributed by atoms with Gasteiger partial charge in [0.2, 0.25) is 0 Å². The largest absolute Gasteiger partial charge is 0.396 e. The number of halogens is 1. The number of aliphatic hydroxyl groups excluding tert-OH is 1. The second-order valence-electron chi connectivity index (χ2n) is 5.40. The summed E-state index contributed by atoms with van der Waals surface area (Å²) < 4.78 is 0. The molecular weight excluding hydrogens is 220 g/mol. The molecule has 2 heteroatoms.